The predicted octanol–water partition coefficient (Wildman–Crippen LogP) is 2.25. The van der Waals surface area contributed by atoms with E-state index >= 15 is 0 Å². The molecule has 0 saturated carbocycles. The monoisotopic (exact) mass is 341 g/mol. The van der Waals surface area contributed by atoms with Crippen molar-refractivity contribution >= 4 is 5.91 Å². The molecule has 0 fully saturated rings. The fourth-order valence-corrected chi connectivity index (χ4v) is 2.35. The summed E-state index contributed by atoms with van der Waals surface area (Å²) in [5.74, 6) is 0.584. The lowest BCUT2D eigenvalue weighted by atomic mass is 10.1. The van der Waals surface area contributed by atoms with Crippen LogP contribution in [0, 0.1) is 6.92 Å². The number of hydrogen-bond acceptors (Lipinski definition) is 4. The Hall–Kier alpha value is -2.37. The second kappa shape index (κ2) is 9.20. The zero-order valence-electron chi connectivity index (χ0n) is 15.2. The normalized spacial score (nSPS) is 12.0. The lowest BCUT2D eigenvalue weighted by Gasteiger charge is -2.16. The van der Waals surface area contributed by atoms with Gasteiger partial charge >= 0.3 is 0 Å². The van der Waals surface area contributed by atoms with Gasteiger partial charge in [-0.3, -0.25) is 4.79 Å². The molecule has 1 amide bonds. The van der Waals surface area contributed by atoms with Gasteiger partial charge in [0.1, 0.15) is 18.4 Å². The molecule has 2 rings (SSSR count). The van der Waals surface area contributed by atoms with E-state index in [1.165, 1.54) is 0 Å². The second-order valence-electron chi connectivity index (χ2n) is 6.37. The summed E-state index contributed by atoms with van der Waals surface area (Å²) in [6.45, 7) is 3.82. The van der Waals surface area contributed by atoms with Crippen molar-refractivity contribution in [2.45, 2.75) is 19.5 Å². The highest BCUT2D eigenvalue weighted by atomic mass is 16.5. The van der Waals surface area contributed by atoms with Crippen molar-refractivity contribution in [2.75, 3.05) is 27.2 Å². The predicted molar refractivity (Wildman–Crippen MR) is 100 cm³/mol. The van der Waals surface area contributed by atoms with E-state index in [1.807, 2.05) is 69.6 Å². The third kappa shape index (κ3) is 5.89. The number of nitrogens with two attached hydrogens (primary N) is 1. The Kier molecular flexibility index (Phi) is 6.98. The molecule has 5 nitrogen and oxygen atoms in total. The summed E-state index contributed by atoms with van der Waals surface area (Å²) in [6, 6.07) is 14.7. The van der Waals surface area contributed by atoms with Crippen LogP contribution in [0.5, 0.6) is 5.75 Å². The van der Waals surface area contributed by atoms with Crippen LogP contribution in [0.4, 0.5) is 0 Å². The highest BCUT2D eigenvalue weighted by molar-refractivity contribution is 5.82. The standard InChI is InChI=1S/C20H27N3O2/c1-15-8-10-16(11-9-15)19(21)20(24)22-14-17-6-4-5-7-18(17)25-13-12-23(2)3/h4-11,19H,12-14,21H2,1-3H3,(H,22,24). The first kappa shape index (κ1) is 19.0. The van der Waals surface area contributed by atoms with E-state index in [0.717, 1.165) is 29.0 Å². The molecule has 5 heteroatoms. The van der Waals surface area contributed by atoms with E-state index < -0.39 is 6.04 Å². The summed E-state index contributed by atoms with van der Waals surface area (Å²) in [5.41, 5.74) is 8.93. The van der Waals surface area contributed by atoms with Crippen molar-refractivity contribution < 1.29 is 9.53 Å². The number of nitrogens with one attached hydrogen (secondary N) is 1. The average molecular weight is 341 g/mol. The lowest BCUT2D eigenvalue weighted by molar-refractivity contribution is -0.122. The van der Waals surface area contributed by atoms with Crippen LogP contribution in [0.3, 0.4) is 0 Å². The van der Waals surface area contributed by atoms with Crippen molar-refractivity contribution in [3.8, 4) is 5.75 Å². The van der Waals surface area contributed by atoms with E-state index in [2.05, 4.69) is 10.2 Å². The van der Waals surface area contributed by atoms with Gasteiger partial charge in [-0.05, 0) is 32.6 Å². The zero-order valence-corrected chi connectivity index (χ0v) is 15.2. The first-order chi connectivity index (χ1) is 12.0. The minimum absolute atomic E-state index is 0.202. The fourth-order valence-electron chi connectivity index (χ4n) is 2.35. The zero-order chi connectivity index (χ0) is 18.2. The van der Waals surface area contributed by atoms with Crippen molar-refractivity contribution in [2.24, 2.45) is 5.73 Å². The second-order valence-corrected chi connectivity index (χ2v) is 6.37. The van der Waals surface area contributed by atoms with E-state index in [1.54, 1.807) is 0 Å². The Morgan fingerprint density at radius 3 is 2.52 bits per heavy atom. The number of amides is 1. The Morgan fingerprint density at radius 1 is 1.16 bits per heavy atom. The SMILES string of the molecule is Cc1ccc(C(N)C(=O)NCc2ccccc2OCCN(C)C)cc1. The molecular weight excluding hydrogens is 314 g/mol. The maximum absolute atomic E-state index is 12.3. The Bertz CT molecular complexity index is 684. The number of likely N-dealkylation sites (N-methyl/N-ethyl adjacent to an activating group) is 1. The Balaban J connectivity index is 1.93. The smallest absolute Gasteiger partial charge is 0.241 e. The molecule has 0 radical (unpaired) electrons. The van der Waals surface area contributed by atoms with Crippen molar-refractivity contribution in [1.82, 2.24) is 10.2 Å². The molecule has 0 bridgehead atoms. The maximum Gasteiger partial charge on any atom is 0.241 e. The number of benzene rings is 2. The summed E-state index contributed by atoms with van der Waals surface area (Å²) in [6.07, 6.45) is 0. The van der Waals surface area contributed by atoms with Crippen molar-refractivity contribution in [1.29, 1.82) is 0 Å². The number of aryl methyl sites for hydroxylation is 1. The summed E-state index contributed by atoms with van der Waals surface area (Å²) in [5, 5.41) is 2.90. The van der Waals surface area contributed by atoms with E-state index in [4.69, 9.17) is 10.5 Å². The minimum Gasteiger partial charge on any atom is -0.492 e. The maximum atomic E-state index is 12.3. The van der Waals surface area contributed by atoms with Gasteiger partial charge in [0.25, 0.3) is 0 Å². The lowest BCUT2D eigenvalue weighted by Crippen LogP contribution is -2.33. The molecule has 0 aliphatic carbocycles. The number of nitrogens with zero attached hydrogens (tertiary/aromatic N) is 1. The van der Waals surface area contributed by atoms with Crippen LogP contribution in [0.15, 0.2) is 48.5 Å². The number of ether oxygens (including phenoxy) is 1. The van der Waals surface area contributed by atoms with Crippen LogP contribution in [0.2, 0.25) is 0 Å². The topological polar surface area (TPSA) is 67.6 Å². The minimum atomic E-state index is -0.678. The van der Waals surface area contributed by atoms with E-state index in [-0.39, 0.29) is 5.91 Å². The van der Waals surface area contributed by atoms with Gasteiger partial charge in [0.05, 0.1) is 0 Å². The number of hydrogen-bond donors (Lipinski definition) is 2. The van der Waals surface area contributed by atoms with Crippen LogP contribution in [0.1, 0.15) is 22.7 Å². The van der Waals surface area contributed by atoms with Crippen LogP contribution in [-0.4, -0.2) is 38.1 Å². The number of rotatable bonds is 8. The molecule has 2 aromatic carbocycles. The number of carbonyl (C=O) groups is 1. The number of carbonyl (C=O) groups excluding carboxylic acids is 1. The molecule has 0 aliphatic heterocycles. The molecule has 0 heterocycles. The molecule has 0 saturated heterocycles. The number of para-hydroxylation sites is 1. The Morgan fingerprint density at radius 2 is 1.84 bits per heavy atom. The molecule has 0 spiro atoms. The van der Waals surface area contributed by atoms with Crippen LogP contribution in [-0.2, 0) is 11.3 Å². The molecule has 1 atom stereocenters. The Labute approximate surface area is 149 Å². The highest BCUT2D eigenvalue weighted by Gasteiger charge is 2.15. The van der Waals surface area contributed by atoms with Gasteiger partial charge in [0.2, 0.25) is 5.91 Å². The molecule has 25 heavy (non-hydrogen) atoms. The highest BCUT2D eigenvalue weighted by Crippen LogP contribution is 2.18. The molecule has 0 aliphatic rings. The van der Waals surface area contributed by atoms with Crippen molar-refractivity contribution in [3.63, 3.8) is 0 Å². The summed E-state index contributed by atoms with van der Waals surface area (Å²) in [4.78, 5) is 14.4. The quantitative estimate of drug-likeness (QED) is 0.773. The van der Waals surface area contributed by atoms with Crippen LogP contribution in [0.25, 0.3) is 0 Å². The van der Waals surface area contributed by atoms with E-state index in [9.17, 15) is 4.79 Å². The summed E-state index contributed by atoms with van der Waals surface area (Å²) in [7, 11) is 4.00. The molecule has 2 aromatic rings. The van der Waals surface area contributed by atoms with Gasteiger partial charge in [-0.15, -0.1) is 0 Å². The van der Waals surface area contributed by atoms with Gasteiger partial charge < -0.3 is 20.7 Å². The van der Waals surface area contributed by atoms with Gasteiger partial charge in [0.15, 0.2) is 0 Å². The first-order valence-electron chi connectivity index (χ1n) is 8.42. The molecule has 134 valence electrons. The van der Waals surface area contributed by atoms with Gasteiger partial charge in [-0.25, -0.2) is 0 Å². The third-order valence-corrected chi connectivity index (χ3v) is 3.94. The molecule has 3 N–H and O–H groups in total. The first-order valence-corrected chi connectivity index (χ1v) is 8.42. The summed E-state index contributed by atoms with van der Waals surface area (Å²) >= 11 is 0. The van der Waals surface area contributed by atoms with Gasteiger partial charge in [-0.1, -0.05) is 48.0 Å². The van der Waals surface area contributed by atoms with Crippen LogP contribution < -0.4 is 15.8 Å². The fraction of sp³-hybridized carbons (Fsp3) is 0.350. The van der Waals surface area contributed by atoms with Crippen LogP contribution >= 0.6 is 0 Å². The van der Waals surface area contributed by atoms with Gasteiger partial charge in [-0.2, -0.15) is 0 Å². The van der Waals surface area contributed by atoms with Crippen molar-refractivity contribution in [3.05, 3.63) is 65.2 Å². The van der Waals surface area contributed by atoms with Gasteiger partial charge in [0, 0.05) is 18.7 Å². The largest absolute Gasteiger partial charge is 0.492 e. The molecule has 0 aromatic heterocycles. The molecular formula is C20H27N3O2. The molecule has 1 unspecified atom stereocenters. The average Bonchev–Trinajstić information content (AvgIpc) is 2.60. The summed E-state index contributed by atoms with van der Waals surface area (Å²) < 4.78 is 5.81. The third-order valence-electron chi connectivity index (χ3n) is 3.94. The van der Waals surface area contributed by atoms with E-state index in [0.29, 0.717) is 13.2 Å².